The number of carbonyl (C=O) groups excluding carboxylic acids is 1. The Morgan fingerprint density at radius 1 is 1.15 bits per heavy atom. The first-order chi connectivity index (χ1) is 19.3. The van der Waals surface area contributed by atoms with E-state index in [9.17, 15) is 4.79 Å². The van der Waals surface area contributed by atoms with Crippen molar-refractivity contribution in [3.05, 3.63) is 66.0 Å². The second-order valence-corrected chi connectivity index (χ2v) is 11.3. The van der Waals surface area contributed by atoms with Gasteiger partial charge in [0.2, 0.25) is 0 Å². The fourth-order valence-corrected chi connectivity index (χ4v) is 5.02. The maximum Gasteiger partial charge on any atom is 0.315 e. The standard InChI is InChI=1S/C29H31FN8O2/c1-29(2,3)28-36-27(40-37-28)26(39)32-14-18-10-9-17(13-22(18)30)21-11-12-31-25-23(21)34-24(35-25)19-15-33-38(16-19)20-7-5-4-6-8-20/h9-13,15-16,20H,4-8,14H2,1-3H3,(H,32,39)(H,31,34,35). The highest BCUT2D eigenvalue weighted by Crippen LogP contribution is 2.32. The number of hydrogen-bond acceptors (Lipinski definition) is 7. The Labute approximate surface area is 230 Å². The lowest BCUT2D eigenvalue weighted by molar-refractivity contribution is 0.0906. The van der Waals surface area contributed by atoms with Crippen LogP contribution >= 0.6 is 0 Å². The highest BCUT2D eigenvalue weighted by Gasteiger charge is 2.24. The molecule has 11 heteroatoms. The van der Waals surface area contributed by atoms with Gasteiger partial charge in [0.05, 0.1) is 23.3 Å². The molecule has 6 rings (SSSR count). The number of pyridine rings is 1. The maximum atomic E-state index is 15.1. The van der Waals surface area contributed by atoms with Crippen LogP contribution in [0.5, 0.6) is 0 Å². The average Bonchev–Trinajstić information content (AvgIpc) is 3.71. The zero-order chi connectivity index (χ0) is 27.9. The van der Waals surface area contributed by atoms with Gasteiger partial charge in [-0.3, -0.25) is 9.48 Å². The molecule has 206 valence electrons. The molecule has 2 N–H and O–H groups in total. The van der Waals surface area contributed by atoms with Gasteiger partial charge in [0, 0.05) is 35.5 Å². The van der Waals surface area contributed by atoms with E-state index < -0.39 is 11.7 Å². The number of fused-ring (bicyclic) bond motifs is 1. The summed E-state index contributed by atoms with van der Waals surface area (Å²) in [7, 11) is 0. The molecular weight excluding hydrogens is 511 g/mol. The molecule has 0 radical (unpaired) electrons. The second-order valence-electron chi connectivity index (χ2n) is 11.3. The average molecular weight is 543 g/mol. The van der Waals surface area contributed by atoms with Crippen molar-refractivity contribution in [3.8, 4) is 22.5 Å². The van der Waals surface area contributed by atoms with Crippen LogP contribution in [0.1, 0.15) is 81.0 Å². The van der Waals surface area contributed by atoms with E-state index >= 15 is 4.39 Å². The van der Waals surface area contributed by atoms with Gasteiger partial charge in [0.15, 0.2) is 11.5 Å². The van der Waals surface area contributed by atoms with Crippen LogP contribution in [0, 0.1) is 5.82 Å². The number of rotatable bonds is 6. The molecule has 0 aliphatic heterocycles. The Kier molecular flexibility index (Phi) is 6.65. The van der Waals surface area contributed by atoms with E-state index in [2.05, 4.69) is 35.5 Å². The van der Waals surface area contributed by atoms with E-state index in [0.29, 0.717) is 34.5 Å². The maximum absolute atomic E-state index is 15.1. The van der Waals surface area contributed by atoms with Gasteiger partial charge in [0.1, 0.15) is 11.6 Å². The molecule has 5 aromatic rings. The minimum atomic E-state index is -0.556. The zero-order valence-electron chi connectivity index (χ0n) is 22.7. The Morgan fingerprint density at radius 2 is 1.98 bits per heavy atom. The van der Waals surface area contributed by atoms with Crippen molar-refractivity contribution in [2.75, 3.05) is 0 Å². The van der Waals surface area contributed by atoms with Gasteiger partial charge >= 0.3 is 11.8 Å². The van der Waals surface area contributed by atoms with E-state index in [1.807, 2.05) is 50.0 Å². The highest BCUT2D eigenvalue weighted by atomic mass is 19.1. The first kappa shape index (κ1) is 25.8. The fraction of sp³-hybridized carbons (Fsp3) is 0.379. The van der Waals surface area contributed by atoms with Crippen molar-refractivity contribution < 1.29 is 13.7 Å². The molecule has 1 fully saturated rings. The number of aromatic amines is 1. The number of benzene rings is 1. The third-order valence-corrected chi connectivity index (χ3v) is 7.31. The van der Waals surface area contributed by atoms with E-state index in [-0.39, 0.29) is 17.9 Å². The van der Waals surface area contributed by atoms with Gasteiger partial charge < -0.3 is 14.8 Å². The van der Waals surface area contributed by atoms with E-state index in [1.54, 1.807) is 12.3 Å². The largest absolute Gasteiger partial charge is 0.344 e. The summed E-state index contributed by atoms with van der Waals surface area (Å²) < 4.78 is 22.3. The molecule has 0 spiro atoms. The van der Waals surface area contributed by atoms with Crippen LogP contribution in [0.25, 0.3) is 33.7 Å². The quantitative estimate of drug-likeness (QED) is 0.280. The normalized spacial score (nSPS) is 14.6. The molecule has 0 bridgehead atoms. The van der Waals surface area contributed by atoms with Crippen LogP contribution in [0.15, 0.2) is 47.4 Å². The fourth-order valence-electron chi connectivity index (χ4n) is 5.02. The van der Waals surface area contributed by atoms with Crippen LogP contribution < -0.4 is 5.32 Å². The molecule has 4 heterocycles. The van der Waals surface area contributed by atoms with Gasteiger partial charge in [-0.15, -0.1) is 0 Å². The molecule has 0 atom stereocenters. The van der Waals surface area contributed by atoms with Crippen LogP contribution in [-0.2, 0) is 12.0 Å². The molecule has 1 saturated carbocycles. The third-order valence-electron chi connectivity index (χ3n) is 7.31. The number of nitrogens with one attached hydrogen (secondary N) is 2. The molecule has 4 aromatic heterocycles. The van der Waals surface area contributed by atoms with Crippen molar-refractivity contribution >= 4 is 17.1 Å². The number of carbonyl (C=O) groups is 1. The summed E-state index contributed by atoms with van der Waals surface area (Å²) in [5, 5.41) is 11.1. The molecule has 1 amide bonds. The van der Waals surface area contributed by atoms with E-state index in [0.717, 1.165) is 29.5 Å². The number of amides is 1. The summed E-state index contributed by atoms with van der Waals surface area (Å²) in [6, 6.07) is 7.17. The first-order valence-corrected chi connectivity index (χ1v) is 13.6. The highest BCUT2D eigenvalue weighted by molar-refractivity contribution is 5.91. The number of nitrogens with zero attached hydrogens (tertiary/aromatic N) is 6. The number of aromatic nitrogens is 7. The lowest BCUT2D eigenvalue weighted by Gasteiger charge is -2.21. The predicted octanol–water partition coefficient (Wildman–Crippen LogP) is 5.74. The lowest BCUT2D eigenvalue weighted by atomic mass is 9.96. The van der Waals surface area contributed by atoms with Crippen LogP contribution in [0.3, 0.4) is 0 Å². The Hall–Kier alpha value is -4.41. The number of imidazole rings is 1. The SMILES string of the molecule is CC(C)(C)c1noc(C(=O)NCc2ccc(-c3ccnc4nc(-c5cnn(C6CCCCC6)c5)[nH]c34)cc2F)n1. The van der Waals surface area contributed by atoms with E-state index in [4.69, 9.17) is 4.52 Å². The number of H-pyrrole nitrogens is 1. The Balaban J connectivity index is 1.20. The monoisotopic (exact) mass is 542 g/mol. The van der Waals surface area contributed by atoms with Crippen LogP contribution in [0.2, 0.25) is 0 Å². The van der Waals surface area contributed by atoms with Crippen molar-refractivity contribution in [1.82, 2.24) is 40.2 Å². The summed E-state index contributed by atoms with van der Waals surface area (Å²) in [6.07, 6.45) is 11.6. The minimum absolute atomic E-state index is 0.0247. The zero-order valence-corrected chi connectivity index (χ0v) is 22.7. The molecule has 0 unspecified atom stereocenters. The third kappa shape index (κ3) is 5.11. The van der Waals surface area contributed by atoms with Gasteiger partial charge in [-0.05, 0) is 30.5 Å². The van der Waals surface area contributed by atoms with Crippen molar-refractivity contribution in [3.63, 3.8) is 0 Å². The molecular formula is C29H31FN8O2. The number of halogens is 1. The summed E-state index contributed by atoms with van der Waals surface area (Å²) in [5.41, 5.74) is 3.58. The minimum Gasteiger partial charge on any atom is -0.344 e. The molecule has 1 aromatic carbocycles. The van der Waals surface area contributed by atoms with Crippen LogP contribution in [-0.4, -0.2) is 40.8 Å². The Bertz CT molecular complexity index is 1670. The summed E-state index contributed by atoms with van der Waals surface area (Å²) in [4.78, 5) is 29.1. The molecule has 1 aliphatic carbocycles. The van der Waals surface area contributed by atoms with Gasteiger partial charge in [-0.2, -0.15) is 10.1 Å². The second kappa shape index (κ2) is 10.3. The summed E-state index contributed by atoms with van der Waals surface area (Å²) in [5.74, 6) is -0.0546. The smallest absolute Gasteiger partial charge is 0.315 e. The predicted molar refractivity (Wildman–Crippen MR) is 147 cm³/mol. The van der Waals surface area contributed by atoms with Crippen molar-refractivity contribution in [2.24, 2.45) is 0 Å². The number of hydrogen-bond donors (Lipinski definition) is 2. The lowest BCUT2D eigenvalue weighted by Crippen LogP contribution is -2.24. The topological polar surface area (TPSA) is 127 Å². The molecule has 1 aliphatic rings. The van der Waals surface area contributed by atoms with Gasteiger partial charge in [-0.25, -0.2) is 14.4 Å². The molecule has 40 heavy (non-hydrogen) atoms. The molecule has 10 nitrogen and oxygen atoms in total. The summed E-state index contributed by atoms with van der Waals surface area (Å²) in [6.45, 7) is 5.73. The molecule has 0 saturated heterocycles. The van der Waals surface area contributed by atoms with Crippen LogP contribution in [0.4, 0.5) is 4.39 Å². The van der Waals surface area contributed by atoms with Gasteiger partial charge in [-0.1, -0.05) is 57.3 Å². The summed E-state index contributed by atoms with van der Waals surface area (Å²) >= 11 is 0. The van der Waals surface area contributed by atoms with Crippen molar-refractivity contribution in [1.29, 1.82) is 0 Å². The Morgan fingerprint density at radius 3 is 2.73 bits per heavy atom. The van der Waals surface area contributed by atoms with E-state index in [1.165, 1.54) is 25.3 Å². The first-order valence-electron chi connectivity index (χ1n) is 13.6. The van der Waals surface area contributed by atoms with Gasteiger partial charge in [0.25, 0.3) is 0 Å². The van der Waals surface area contributed by atoms with Crippen molar-refractivity contribution in [2.45, 2.75) is 70.9 Å².